The molecule has 2 saturated heterocycles. The summed E-state index contributed by atoms with van der Waals surface area (Å²) in [5.41, 5.74) is 1.15. The molecule has 0 aromatic carbocycles. The van der Waals surface area contributed by atoms with Gasteiger partial charge >= 0.3 is 0 Å². The van der Waals surface area contributed by atoms with E-state index in [4.69, 9.17) is 4.74 Å². The average molecular weight is 440 g/mol. The van der Waals surface area contributed by atoms with Gasteiger partial charge in [0.15, 0.2) is 5.69 Å². The lowest BCUT2D eigenvalue weighted by Gasteiger charge is -2.40. The van der Waals surface area contributed by atoms with E-state index in [1.165, 1.54) is 8.61 Å². The topological polar surface area (TPSA) is 98.8 Å². The predicted octanol–water partition coefficient (Wildman–Crippen LogP) is 1.25. The van der Waals surface area contributed by atoms with Crippen LogP contribution in [0.1, 0.15) is 24.3 Å². The number of hydrogen-bond donors (Lipinski definition) is 1. The molecule has 2 fully saturated rings. The van der Waals surface area contributed by atoms with Crippen molar-refractivity contribution >= 4 is 27.5 Å². The normalized spacial score (nSPS) is 24.7. The summed E-state index contributed by atoms with van der Waals surface area (Å²) in [6, 6.07) is 5.65. The van der Waals surface area contributed by atoms with Crippen LogP contribution < -0.4 is 0 Å². The highest BCUT2D eigenvalue weighted by Crippen LogP contribution is 2.24. The molecule has 2 aromatic rings. The Kier molecular flexibility index (Phi) is 5.76. The first-order chi connectivity index (χ1) is 13.8. The van der Waals surface area contributed by atoms with Gasteiger partial charge < -0.3 is 9.64 Å². The van der Waals surface area contributed by atoms with Crippen molar-refractivity contribution in [1.82, 2.24) is 23.7 Å². The number of morpholine rings is 1. The molecule has 0 radical (unpaired) electrons. The number of nitrogens with zero attached hydrogens (tertiary/aromatic N) is 4. The molecule has 2 aromatic heterocycles. The number of thiophene rings is 1. The number of ether oxygens (including phenoxy) is 1. The second kappa shape index (κ2) is 8.15. The van der Waals surface area contributed by atoms with Crippen LogP contribution in [0.15, 0.2) is 23.6 Å². The molecule has 2 aliphatic heterocycles. The molecule has 1 amide bonds. The zero-order chi connectivity index (χ0) is 20.6. The monoisotopic (exact) mass is 439 g/mol. The minimum Gasteiger partial charge on any atom is -0.373 e. The van der Waals surface area contributed by atoms with Crippen LogP contribution in [0, 0.1) is 0 Å². The van der Waals surface area contributed by atoms with Gasteiger partial charge in [0.2, 0.25) is 0 Å². The van der Waals surface area contributed by atoms with E-state index >= 15 is 0 Å². The standard InChI is InChI=1S/C18H25N5O4S2/c1-13-11-23(12-14(2)27-13)29(25,26)22-7-5-21(6-8-22)18(24)16-10-15(19-20-16)17-4-3-9-28-17/h3-4,9-10,13-14H,5-8,11-12H2,1-2H3,(H,19,20). The van der Waals surface area contributed by atoms with Gasteiger partial charge in [-0.2, -0.15) is 22.1 Å². The quantitative estimate of drug-likeness (QED) is 0.773. The molecule has 11 heteroatoms. The number of nitrogens with one attached hydrogen (secondary N) is 1. The van der Waals surface area contributed by atoms with Crippen molar-refractivity contribution in [2.24, 2.45) is 0 Å². The summed E-state index contributed by atoms with van der Waals surface area (Å²) in [6.45, 7) is 5.69. The second-order valence-corrected chi connectivity index (χ2v) is 10.3. The van der Waals surface area contributed by atoms with E-state index in [1.807, 2.05) is 31.4 Å². The summed E-state index contributed by atoms with van der Waals surface area (Å²) in [5, 5.41) is 9.01. The fourth-order valence-electron chi connectivity index (χ4n) is 3.76. The number of carbonyl (C=O) groups is 1. The fraction of sp³-hybridized carbons (Fsp3) is 0.556. The first kappa shape index (κ1) is 20.5. The Bertz CT molecular complexity index is 941. The Morgan fingerprint density at radius 3 is 2.48 bits per heavy atom. The Morgan fingerprint density at radius 2 is 1.86 bits per heavy atom. The maximum Gasteiger partial charge on any atom is 0.282 e. The van der Waals surface area contributed by atoms with Crippen molar-refractivity contribution in [2.75, 3.05) is 39.3 Å². The maximum absolute atomic E-state index is 13.0. The molecule has 0 bridgehead atoms. The van der Waals surface area contributed by atoms with E-state index < -0.39 is 10.2 Å². The summed E-state index contributed by atoms with van der Waals surface area (Å²) in [6.07, 6.45) is -0.262. The number of hydrogen-bond acceptors (Lipinski definition) is 6. The summed E-state index contributed by atoms with van der Waals surface area (Å²) in [7, 11) is -3.56. The molecule has 0 saturated carbocycles. The van der Waals surface area contributed by atoms with E-state index in [-0.39, 0.29) is 31.2 Å². The molecule has 1 N–H and O–H groups in total. The van der Waals surface area contributed by atoms with Gasteiger partial charge in [0.25, 0.3) is 16.1 Å². The fourth-order valence-corrected chi connectivity index (χ4v) is 6.20. The minimum atomic E-state index is -3.56. The van der Waals surface area contributed by atoms with Gasteiger partial charge in [-0.15, -0.1) is 11.3 Å². The van der Waals surface area contributed by atoms with Crippen LogP contribution in [0.25, 0.3) is 10.6 Å². The molecule has 0 spiro atoms. The summed E-state index contributed by atoms with van der Waals surface area (Å²) in [4.78, 5) is 15.5. The van der Waals surface area contributed by atoms with E-state index in [1.54, 1.807) is 22.3 Å². The van der Waals surface area contributed by atoms with Crippen LogP contribution >= 0.6 is 11.3 Å². The van der Waals surface area contributed by atoms with Crippen molar-refractivity contribution in [2.45, 2.75) is 26.1 Å². The van der Waals surface area contributed by atoms with Gasteiger partial charge in [0, 0.05) is 39.3 Å². The SMILES string of the molecule is CC1CN(S(=O)(=O)N2CCN(C(=O)c3cc(-c4cccs4)[nH]n3)CC2)CC(C)O1. The highest BCUT2D eigenvalue weighted by Gasteiger charge is 2.37. The van der Waals surface area contributed by atoms with E-state index in [0.29, 0.717) is 31.9 Å². The summed E-state index contributed by atoms with van der Waals surface area (Å²) >= 11 is 1.57. The van der Waals surface area contributed by atoms with Gasteiger partial charge in [-0.25, -0.2) is 0 Å². The van der Waals surface area contributed by atoms with Crippen molar-refractivity contribution in [3.8, 4) is 10.6 Å². The van der Waals surface area contributed by atoms with Gasteiger partial charge in [-0.3, -0.25) is 9.89 Å². The lowest BCUT2D eigenvalue weighted by molar-refractivity contribution is -0.0457. The number of amides is 1. The third kappa shape index (κ3) is 4.24. The molecule has 4 heterocycles. The first-order valence-electron chi connectivity index (χ1n) is 9.64. The van der Waals surface area contributed by atoms with E-state index in [9.17, 15) is 13.2 Å². The van der Waals surface area contributed by atoms with Gasteiger partial charge in [-0.1, -0.05) is 6.07 Å². The molecule has 2 aliphatic rings. The zero-order valence-corrected chi connectivity index (χ0v) is 18.1. The second-order valence-electron chi connectivity index (χ2n) is 7.42. The Balaban J connectivity index is 1.38. The van der Waals surface area contributed by atoms with E-state index in [0.717, 1.165) is 10.6 Å². The lowest BCUT2D eigenvalue weighted by atomic mass is 10.2. The Hall–Kier alpha value is -1.79. The van der Waals surface area contributed by atoms with Gasteiger partial charge in [0.05, 0.1) is 22.8 Å². The minimum absolute atomic E-state index is 0.131. The van der Waals surface area contributed by atoms with Gasteiger partial charge in [0.1, 0.15) is 0 Å². The average Bonchev–Trinajstić information content (AvgIpc) is 3.38. The molecule has 29 heavy (non-hydrogen) atoms. The molecule has 0 aliphatic carbocycles. The molecule has 2 atom stereocenters. The first-order valence-corrected chi connectivity index (χ1v) is 11.9. The largest absolute Gasteiger partial charge is 0.373 e. The van der Waals surface area contributed by atoms with Crippen molar-refractivity contribution in [3.05, 3.63) is 29.3 Å². The number of H-pyrrole nitrogens is 1. The van der Waals surface area contributed by atoms with Crippen LogP contribution in [0.4, 0.5) is 0 Å². The molecule has 158 valence electrons. The number of aromatic nitrogens is 2. The highest BCUT2D eigenvalue weighted by atomic mass is 32.2. The zero-order valence-electron chi connectivity index (χ0n) is 16.4. The Labute approximate surface area is 174 Å². The third-order valence-corrected chi connectivity index (χ3v) is 8.02. The summed E-state index contributed by atoms with van der Waals surface area (Å²) < 4.78 is 34.6. The van der Waals surface area contributed by atoms with Crippen LogP contribution in [-0.4, -0.2) is 89.5 Å². The highest BCUT2D eigenvalue weighted by molar-refractivity contribution is 7.86. The van der Waals surface area contributed by atoms with Crippen molar-refractivity contribution in [1.29, 1.82) is 0 Å². The van der Waals surface area contributed by atoms with Crippen LogP contribution in [-0.2, 0) is 14.9 Å². The number of aromatic amines is 1. The smallest absolute Gasteiger partial charge is 0.282 e. The molecule has 2 unspecified atom stereocenters. The van der Waals surface area contributed by atoms with E-state index in [2.05, 4.69) is 10.2 Å². The molecular formula is C18H25N5O4S2. The maximum atomic E-state index is 13.0. The van der Waals surface area contributed by atoms with Crippen LogP contribution in [0.2, 0.25) is 0 Å². The van der Waals surface area contributed by atoms with Gasteiger partial charge in [-0.05, 0) is 31.4 Å². The summed E-state index contributed by atoms with van der Waals surface area (Å²) in [5.74, 6) is -0.185. The Morgan fingerprint density at radius 1 is 1.17 bits per heavy atom. The molecular weight excluding hydrogens is 414 g/mol. The number of piperazine rings is 1. The third-order valence-electron chi connectivity index (χ3n) is 5.15. The molecule has 4 rings (SSSR count). The van der Waals surface area contributed by atoms with Crippen molar-refractivity contribution < 1.29 is 17.9 Å². The number of rotatable bonds is 4. The lowest BCUT2D eigenvalue weighted by Crippen LogP contribution is -2.57. The predicted molar refractivity (Wildman–Crippen MR) is 110 cm³/mol. The van der Waals surface area contributed by atoms with Crippen LogP contribution in [0.5, 0.6) is 0 Å². The van der Waals surface area contributed by atoms with Crippen LogP contribution in [0.3, 0.4) is 0 Å². The van der Waals surface area contributed by atoms with Crippen molar-refractivity contribution in [3.63, 3.8) is 0 Å². The number of carbonyl (C=O) groups excluding carboxylic acids is 1. The molecule has 9 nitrogen and oxygen atoms in total.